The Morgan fingerprint density at radius 3 is 2.41 bits per heavy atom. The van der Waals surface area contributed by atoms with E-state index in [1.54, 1.807) is 36.4 Å². The maximum Gasteiger partial charge on any atom is 0.261 e. The number of amides is 2. The van der Waals surface area contributed by atoms with Crippen molar-refractivity contribution in [1.82, 2.24) is 5.32 Å². The standard InChI is InChI=1S/C15H14Cl2N2O2S/c16-10-3-5-11(6-4-10)19-14(20)2-1-9-18-15(21)12-7-8-13(17)22-12/h3-8H,1-2,9H2,(H,18,21)(H,19,20). The fourth-order valence-corrected chi connectivity index (χ4v) is 2.82. The van der Waals surface area contributed by atoms with Crippen molar-refractivity contribution in [3.05, 3.63) is 50.6 Å². The van der Waals surface area contributed by atoms with E-state index in [9.17, 15) is 9.59 Å². The smallest absolute Gasteiger partial charge is 0.261 e. The lowest BCUT2D eigenvalue weighted by molar-refractivity contribution is -0.116. The average Bonchev–Trinajstić information content (AvgIpc) is 2.92. The van der Waals surface area contributed by atoms with Crippen molar-refractivity contribution in [3.63, 3.8) is 0 Å². The van der Waals surface area contributed by atoms with Crippen LogP contribution >= 0.6 is 34.5 Å². The van der Waals surface area contributed by atoms with E-state index in [1.807, 2.05) is 0 Å². The number of carbonyl (C=O) groups excluding carboxylic acids is 2. The van der Waals surface area contributed by atoms with Gasteiger partial charge in [-0.25, -0.2) is 0 Å². The number of thiophene rings is 1. The molecule has 2 aromatic rings. The molecule has 0 radical (unpaired) electrons. The van der Waals surface area contributed by atoms with Crippen LogP contribution in [0.4, 0.5) is 5.69 Å². The highest BCUT2D eigenvalue weighted by Gasteiger charge is 2.08. The molecule has 2 amide bonds. The van der Waals surface area contributed by atoms with E-state index >= 15 is 0 Å². The summed E-state index contributed by atoms with van der Waals surface area (Å²) in [6.07, 6.45) is 0.887. The van der Waals surface area contributed by atoms with Crippen LogP contribution in [0.25, 0.3) is 0 Å². The molecule has 0 saturated carbocycles. The number of benzene rings is 1. The Hall–Kier alpha value is -1.56. The van der Waals surface area contributed by atoms with Crippen LogP contribution in [0, 0.1) is 0 Å². The summed E-state index contributed by atoms with van der Waals surface area (Å²) in [7, 11) is 0. The summed E-state index contributed by atoms with van der Waals surface area (Å²) < 4.78 is 0.576. The maximum absolute atomic E-state index is 11.8. The molecule has 2 N–H and O–H groups in total. The summed E-state index contributed by atoms with van der Waals surface area (Å²) in [4.78, 5) is 24.1. The molecule has 1 aromatic heterocycles. The van der Waals surface area contributed by atoms with Crippen LogP contribution in [-0.4, -0.2) is 18.4 Å². The molecule has 0 aliphatic heterocycles. The van der Waals surface area contributed by atoms with Gasteiger partial charge in [-0.2, -0.15) is 0 Å². The van der Waals surface area contributed by atoms with Crippen molar-refractivity contribution in [2.75, 3.05) is 11.9 Å². The summed E-state index contributed by atoms with van der Waals surface area (Å²) >= 11 is 12.8. The van der Waals surface area contributed by atoms with Crippen molar-refractivity contribution >= 4 is 52.0 Å². The lowest BCUT2D eigenvalue weighted by atomic mass is 10.2. The third-order valence-electron chi connectivity index (χ3n) is 2.79. The van der Waals surface area contributed by atoms with Gasteiger partial charge in [0.05, 0.1) is 9.21 Å². The van der Waals surface area contributed by atoms with Crippen LogP contribution < -0.4 is 10.6 Å². The Bertz CT molecular complexity index is 656. The van der Waals surface area contributed by atoms with E-state index in [0.717, 1.165) is 0 Å². The highest BCUT2D eigenvalue weighted by atomic mass is 35.5. The molecule has 1 aromatic carbocycles. The first-order valence-corrected chi connectivity index (χ1v) is 8.21. The zero-order valence-corrected chi connectivity index (χ0v) is 13.9. The monoisotopic (exact) mass is 356 g/mol. The first kappa shape index (κ1) is 16.8. The van der Waals surface area contributed by atoms with Crippen LogP contribution in [0.15, 0.2) is 36.4 Å². The van der Waals surface area contributed by atoms with Crippen molar-refractivity contribution in [2.45, 2.75) is 12.8 Å². The fourth-order valence-electron chi connectivity index (χ4n) is 1.73. The molecule has 4 nitrogen and oxygen atoms in total. The predicted molar refractivity (Wildman–Crippen MR) is 91.0 cm³/mol. The molecule has 0 bridgehead atoms. The van der Waals surface area contributed by atoms with E-state index in [4.69, 9.17) is 23.2 Å². The lowest BCUT2D eigenvalue weighted by Crippen LogP contribution is -2.24. The van der Waals surface area contributed by atoms with Gasteiger partial charge in [-0.3, -0.25) is 9.59 Å². The summed E-state index contributed by atoms with van der Waals surface area (Å²) in [5, 5.41) is 6.14. The summed E-state index contributed by atoms with van der Waals surface area (Å²) in [6.45, 7) is 0.433. The van der Waals surface area contributed by atoms with Gasteiger partial charge >= 0.3 is 0 Å². The van der Waals surface area contributed by atoms with Gasteiger partial charge in [-0.05, 0) is 42.8 Å². The van der Waals surface area contributed by atoms with Gasteiger partial charge in [0.25, 0.3) is 5.91 Å². The van der Waals surface area contributed by atoms with Crippen LogP contribution in [0.3, 0.4) is 0 Å². The summed E-state index contributed by atoms with van der Waals surface area (Å²) in [5.74, 6) is -0.272. The van der Waals surface area contributed by atoms with E-state index in [1.165, 1.54) is 11.3 Å². The van der Waals surface area contributed by atoms with Gasteiger partial charge in [0, 0.05) is 23.7 Å². The molecule has 2 rings (SSSR count). The molecule has 0 aliphatic carbocycles. The van der Waals surface area contributed by atoms with Crippen molar-refractivity contribution in [3.8, 4) is 0 Å². The predicted octanol–water partition coefficient (Wildman–Crippen LogP) is 4.20. The van der Waals surface area contributed by atoms with E-state index in [2.05, 4.69) is 10.6 Å². The Morgan fingerprint density at radius 1 is 1.05 bits per heavy atom. The average molecular weight is 357 g/mol. The Morgan fingerprint density at radius 2 is 1.77 bits per heavy atom. The summed E-state index contributed by atoms with van der Waals surface area (Å²) in [5.41, 5.74) is 0.701. The van der Waals surface area contributed by atoms with E-state index < -0.39 is 0 Å². The molecular weight excluding hydrogens is 343 g/mol. The Balaban J connectivity index is 1.67. The molecular formula is C15H14Cl2N2O2S. The molecule has 0 fully saturated rings. The molecule has 0 spiro atoms. The Labute approximate surface area is 142 Å². The van der Waals surface area contributed by atoms with Crippen LogP contribution in [0.1, 0.15) is 22.5 Å². The normalized spacial score (nSPS) is 10.3. The molecule has 116 valence electrons. The third-order valence-corrected chi connectivity index (χ3v) is 4.27. The van der Waals surface area contributed by atoms with Crippen LogP contribution in [0.5, 0.6) is 0 Å². The molecule has 0 saturated heterocycles. The number of anilines is 1. The van der Waals surface area contributed by atoms with Gasteiger partial charge < -0.3 is 10.6 Å². The molecule has 0 atom stereocenters. The van der Waals surface area contributed by atoms with Crippen LogP contribution in [-0.2, 0) is 4.79 Å². The second-order valence-electron chi connectivity index (χ2n) is 4.52. The molecule has 7 heteroatoms. The number of rotatable bonds is 6. The highest BCUT2D eigenvalue weighted by Crippen LogP contribution is 2.21. The number of halogens is 2. The van der Waals surface area contributed by atoms with E-state index in [0.29, 0.717) is 39.3 Å². The minimum Gasteiger partial charge on any atom is -0.351 e. The zero-order chi connectivity index (χ0) is 15.9. The van der Waals surface area contributed by atoms with Gasteiger partial charge in [0.1, 0.15) is 0 Å². The fraction of sp³-hybridized carbons (Fsp3) is 0.200. The first-order valence-electron chi connectivity index (χ1n) is 6.63. The minimum atomic E-state index is -0.171. The zero-order valence-electron chi connectivity index (χ0n) is 11.6. The van der Waals surface area contributed by atoms with Crippen LogP contribution in [0.2, 0.25) is 9.36 Å². The quantitative estimate of drug-likeness (QED) is 0.761. The molecule has 1 heterocycles. The number of hydrogen-bond donors (Lipinski definition) is 2. The highest BCUT2D eigenvalue weighted by molar-refractivity contribution is 7.17. The van der Waals surface area contributed by atoms with Gasteiger partial charge in [0.15, 0.2) is 0 Å². The number of carbonyl (C=O) groups is 2. The second kappa shape index (κ2) is 8.17. The van der Waals surface area contributed by atoms with Gasteiger partial charge in [-0.15, -0.1) is 11.3 Å². The molecule has 22 heavy (non-hydrogen) atoms. The Kier molecular flexibility index (Phi) is 6.24. The third kappa shape index (κ3) is 5.33. The SMILES string of the molecule is O=C(CCCNC(=O)c1ccc(Cl)s1)Nc1ccc(Cl)cc1. The lowest BCUT2D eigenvalue weighted by Gasteiger charge is -2.06. The van der Waals surface area contributed by atoms with Crippen molar-refractivity contribution in [2.24, 2.45) is 0 Å². The first-order chi connectivity index (χ1) is 10.5. The van der Waals surface area contributed by atoms with Gasteiger partial charge in [0.2, 0.25) is 5.91 Å². The summed E-state index contributed by atoms with van der Waals surface area (Å²) in [6, 6.07) is 10.3. The second-order valence-corrected chi connectivity index (χ2v) is 6.67. The van der Waals surface area contributed by atoms with E-state index in [-0.39, 0.29) is 11.8 Å². The van der Waals surface area contributed by atoms with Crippen molar-refractivity contribution in [1.29, 1.82) is 0 Å². The van der Waals surface area contributed by atoms with Gasteiger partial charge in [-0.1, -0.05) is 23.2 Å². The number of nitrogens with one attached hydrogen (secondary N) is 2. The van der Waals surface area contributed by atoms with Crippen molar-refractivity contribution < 1.29 is 9.59 Å². The molecule has 0 unspecified atom stereocenters. The maximum atomic E-state index is 11.8. The molecule has 0 aliphatic rings. The number of hydrogen-bond acceptors (Lipinski definition) is 3. The topological polar surface area (TPSA) is 58.2 Å². The largest absolute Gasteiger partial charge is 0.351 e. The minimum absolute atomic E-state index is 0.101.